The maximum atomic E-state index is 11.5. The molecule has 0 aliphatic heterocycles. The van der Waals surface area contributed by atoms with Gasteiger partial charge in [0.25, 0.3) is 0 Å². The lowest BCUT2D eigenvalue weighted by atomic mass is 9.86. The zero-order valence-corrected chi connectivity index (χ0v) is 16.2. The first kappa shape index (κ1) is 19.4. The number of carbonyl (C=O) groups excluding carboxylic acids is 1. The molecule has 0 fully saturated rings. The average molecular weight is 373 g/mol. The number of rotatable bonds is 4. The zero-order chi connectivity index (χ0) is 20.5. The summed E-state index contributed by atoms with van der Waals surface area (Å²) in [5.41, 5.74) is 10.6. The molecule has 4 heteroatoms. The Labute approximate surface area is 164 Å². The van der Waals surface area contributed by atoms with E-state index in [0.717, 1.165) is 16.7 Å². The molecule has 3 N–H and O–H groups in total. The summed E-state index contributed by atoms with van der Waals surface area (Å²) < 4.78 is 0. The Hall–Kier alpha value is -3.40. The third kappa shape index (κ3) is 4.12. The highest BCUT2D eigenvalue weighted by atomic mass is 16.4. The first-order chi connectivity index (χ1) is 13.1. The molecule has 0 saturated carbocycles. The molecule has 0 heterocycles. The van der Waals surface area contributed by atoms with Crippen LogP contribution in [0.15, 0.2) is 66.7 Å². The number of primary amides is 1. The number of nitrogens with two attached hydrogens (primary N) is 1. The van der Waals surface area contributed by atoms with Gasteiger partial charge in [0, 0.05) is 5.56 Å². The van der Waals surface area contributed by atoms with Gasteiger partial charge in [0.15, 0.2) is 0 Å². The van der Waals surface area contributed by atoms with Gasteiger partial charge in [-0.25, -0.2) is 4.79 Å². The van der Waals surface area contributed by atoms with Gasteiger partial charge < -0.3 is 10.8 Å². The molecule has 0 aliphatic rings. The van der Waals surface area contributed by atoms with E-state index in [0.29, 0.717) is 5.56 Å². The molecule has 0 aliphatic carbocycles. The molecule has 28 heavy (non-hydrogen) atoms. The van der Waals surface area contributed by atoms with Crippen molar-refractivity contribution in [1.29, 1.82) is 0 Å². The second-order valence-corrected chi connectivity index (χ2v) is 7.87. The van der Waals surface area contributed by atoms with Crippen LogP contribution in [0.2, 0.25) is 0 Å². The lowest BCUT2D eigenvalue weighted by molar-refractivity contribution is 0.0697. The van der Waals surface area contributed by atoms with Gasteiger partial charge in [0.1, 0.15) is 0 Å². The molecule has 0 saturated heterocycles. The van der Waals surface area contributed by atoms with E-state index in [-0.39, 0.29) is 16.5 Å². The van der Waals surface area contributed by atoms with E-state index in [1.807, 2.05) is 24.3 Å². The normalized spacial score (nSPS) is 11.2. The van der Waals surface area contributed by atoms with E-state index in [9.17, 15) is 14.7 Å². The fourth-order valence-corrected chi connectivity index (χ4v) is 3.08. The highest BCUT2D eigenvalue weighted by molar-refractivity contribution is 5.98. The number of hydrogen-bond acceptors (Lipinski definition) is 2. The summed E-state index contributed by atoms with van der Waals surface area (Å²) in [7, 11) is 0. The van der Waals surface area contributed by atoms with E-state index in [1.165, 1.54) is 11.6 Å². The van der Waals surface area contributed by atoms with E-state index in [4.69, 9.17) is 5.73 Å². The molecule has 3 rings (SSSR count). The van der Waals surface area contributed by atoms with Crippen molar-refractivity contribution in [3.8, 4) is 22.3 Å². The van der Waals surface area contributed by atoms with Gasteiger partial charge in [-0.15, -0.1) is 0 Å². The number of aromatic carboxylic acids is 1. The molecule has 1 amide bonds. The zero-order valence-electron chi connectivity index (χ0n) is 16.2. The van der Waals surface area contributed by atoms with Crippen LogP contribution in [-0.4, -0.2) is 17.0 Å². The van der Waals surface area contributed by atoms with Crippen LogP contribution in [0.4, 0.5) is 0 Å². The second kappa shape index (κ2) is 7.31. The number of carbonyl (C=O) groups is 2. The molecule has 0 radical (unpaired) electrons. The minimum absolute atomic E-state index is 0.0353. The fraction of sp³-hybridized carbons (Fsp3) is 0.167. The number of carboxylic acids is 1. The lowest BCUT2D eigenvalue weighted by Crippen LogP contribution is -2.12. The summed E-state index contributed by atoms with van der Waals surface area (Å²) in [6.07, 6.45) is 0. The largest absolute Gasteiger partial charge is 0.478 e. The first-order valence-electron chi connectivity index (χ1n) is 9.05. The van der Waals surface area contributed by atoms with Crippen molar-refractivity contribution in [1.82, 2.24) is 0 Å². The molecule has 142 valence electrons. The smallest absolute Gasteiger partial charge is 0.335 e. The number of carboxylic acid groups (broad SMARTS) is 1. The lowest BCUT2D eigenvalue weighted by Gasteiger charge is -2.19. The summed E-state index contributed by atoms with van der Waals surface area (Å²) in [5, 5.41) is 9.28. The monoisotopic (exact) mass is 373 g/mol. The van der Waals surface area contributed by atoms with E-state index < -0.39 is 11.9 Å². The van der Waals surface area contributed by atoms with Gasteiger partial charge in [-0.3, -0.25) is 4.79 Å². The molecule has 3 aromatic rings. The van der Waals surface area contributed by atoms with Gasteiger partial charge >= 0.3 is 5.97 Å². The van der Waals surface area contributed by atoms with E-state index in [1.54, 1.807) is 12.1 Å². The molecule has 0 unspecified atom stereocenters. The van der Waals surface area contributed by atoms with Crippen LogP contribution in [-0.2, 0) is 5.41 Å². The quantitative estimate of drug-likeness (QED) is 0.666. The van der Waals surface area contributed by atoms with Crippen LogP contribution in [0.25, 0.3) is 22.3 Å². The summed E-state index contributed by atoms with van der Waals surface area (Å²) in [6, 6.07) is 20.7. The number of hydrogen-bond donors (Lipinski definition) is 2. The highest BCUT2D eigenvalue weighted by Crippen LogP contribution is 2.29. The Bertz CT molecular complexity index is 995. The Balaban J connectivity index is 1.95. The molecule has 4 nitrogen and oxygen atoms in total. The summed E-state index contributed by atoms with van der Waals surface area (Å²) >= 11 is 0. The van der Waals surface area contributed by atoms with Crippen LogP contribution < -0.4 is 5.73 Å². The van der Waals surface area contributed by atoms with Gasteiger partial charge in [-0.05, 0) is 51.4 Å². The molecule has 0 aromatic heterocycles. The van der Waals surface area contributed by atoms with E-state index in [2.05, 4.69) is 45.0 Å². The second-order valence-electron chi connectivity index (χ2n) is 7.87. The third-order valence-electron chi connectivity index (χ3n) is 4.77. The third-order valence-corrected chi connectivity index (χ3v) is 4.77. The molecule has 0 atom stereocenters. The molecule has 0 spiro atoms. The van der Waals surface area contributed by atoms with Crippen molar-refractivity contribution >= 4 is 11.9 Å². The van der Waals surface area contributed by atoms with Crippen LogP contribution in [0.3, 0.4) is 0 Å². The van der Waals surface area contributed by atoms with Crippen molar-refractivity contribution in [3.05, 3.63) is 83.4 Å². The molecular formula is C24H23NO3. The van der Waals surface area contributed by atoms with Gasteiger partial charge in [-0.2, -0.15) is 0 Å². The maximum Gasteiger partial charge on any atom is 0.335 e. The van der Waals surface area contributed by atoms with Crippen molar-refractivity contribution in [2.24, 2.45) is 5.73 Å². The first-order valence-corrected chi connectivity index (χ1v) is 9.05. The van der Waals surface area contributed by atoms with Crippen LogP contribution >= 0.6 is 0 Å². The maximum absolute atomic E-state index is 11.5. The van der Waals surface area contributed by atoms with Crippen molar-refractivity contribution in [2.45, 2.75) is 26.2 Å². The van der Waals surface area contributed by atoms with Crippen LogP contribution in [0.5, 0.6) is 0 Å². The minimum atomic E-state index is -1.10. The van der Waals surface area contributed by atoms with Gasteiger partial charge in [0.2, 0.25) is 5.91 Å². The van der Waals surface area contributed by atoms with Crippen molar-refractivity contribution in [3.63, 3.8) is 0 Å². The standard InChI is InChI=1S/C24H23NO3/c1-24(2,3)21-10-8-16(9-11-21)15-4-6-17(7-5-15)18-12-19(22(25)26)14-20(13-18)23(27)28/h4-14H,1-3H3,(H2,25,26)(H,27,28). The Morgan fingerprint density at radius 3 is 1.57 bits per heavy atom. The molecule has 3 aromatic carbocycles. The summed E-state index contributed by atoms with van der Waals surface area (Å²) in [5.74, 6) is -1.75. The minimum Gasteiger partial charge on any atom is -0.478 e. The predicted octanol–water partition coefficient (Wildman–Crippen LogP) is 5.12. The Morgan fingerprint density at radius 1 is 0.714 bits per heavy atom. The van der Waals surface area contributed by atoms with Crippen molar-refractivity contribution in [2.75, 3.05) is 0 Å². The van der Waals surface area contributed by atoms with Crippen LogP contribution in [0.1, 0.15) is 47.1 Å². The number of benzene rings is 3. The fourth-order valence-electron chi connectivity index (χ4n) is 3.08. The Kier molecular flexibility index (Phi) is 5.06. The molecular weight excluding hydrogens is 350 g/mol. The topological polar surface area (TPSA) is 80.4 Å². The van der Waals surface area contributed by atoms with E-state index >= 15 is 0 Å². The highest BCUT2D eigenvalue weighted by Gasteiger charge is 2.14. The SMILES string of the molecule is CC(C)(C)c1ccc(-c2ccc(-c3cc(C(N)=O)cc(C(=O)O)c3)cc2)cc1. The van der Waals surface area contributed by atoms with Crippen molar-refractivity contribution < 1.29 is 14.7 Å². The summed E-state index contributed by atoms with van der Waals surface area (Å²) in [6.45, 7) is 6.55. The van der Waals surface area contributed by atoms with Crippen LogP contribution in [0, 0.1) is 0 Å². The number of amides is 1. The summed E-state index contributed by atoms with van der Waals surface area (Å²) in [4.78, 5) is 22.9. The molecule has 0 bridgehead atoms. The Morgan fingerprint density at radius 2 is 1.14 bits per heavy atom. The van der Waals surface area contributed by atoms with Gasteiger partial charge in [-0.1, -0.05) is 69.3 Å². The van der Waals surface area contributed by atoms with Gasteiger partial charge in [0.05, 0.1) is 5.56 Å². The predicted molar refractivity (Wildman–Crippen MR) is 111 cm³/mol. The average Bonchev–Trinajstić information content (AvgIpc) is 2.67.